The highest BCUT2D eigenvalue weighted by molar-refractivity contribution is 7.80. The van der Waals surface area contributed by atoms with Crippen molar-refractivity contribution in [3.8, 4) is 0 Å². The van der Waals surface area contributed by atoms with Crippen molar-refractivity contribution < 1.29 is 4.74 Å². The average Bonchev–Trinajstić information content (AvgIpc) is 1.89. The third kappa shape index (κ3) is 1.63. The Morgan fingerprint density at radius 1 is 1.78 bits per heavy atom. The van der Waals surface area contributed by atoms with Crippen molar-refractivity contribution in [2.24, 2.45) is 0 Å². The van der Waals surface area contributed by atoms with Gasteiger partial charge in [0.05, 0.1) is 18.6 Å². The van der Waals surface area contributed by atoms with E-state index in [4.69, 9.17) is 4.74 Å². The molecule has 1 heterocycles. The molecular weight excluding hydrogens is 134 g/mol. The maximum absolute atomic E-state index is 5.15. The van der Waals surface area contributed by atoms with Crippen molar-refractivity contribution in [1.82, 2.24) is 4.90 Å². The zero-order chi connectivity index (χ0) is 6.69. The van der Waals surface area contributed by atoms with Crippen LogP contribution >= 0.6 is 12.6 Å². The van der Waals surface area contributed by atoms with Crippen LogP contribution in [-0.2, 0) is 4.74 Å². The van der Waals surface area contributed by atoms with Gasteiger partial charge in [0.15, 0.2) is 0 Å². The van der Waals surface area contributed by atoms with Crippen molar-refractivity contribution >= 4 is 12.6 Å². The molecule has 1 aliphatic heterocycles. The fourth-order valence-electron chi connectivity index (χ4n) is 0.816. The van der Waals surface area contributed by atoms with Crippen LogP contribution in [0.4, 0.5) is 0 Å². The Kier molecular flexibility index (Phi) is 2.42. The van der Waals surface area contributed by atoms with Crippen LogP contribution in [0.5, 0.6) is 0 Å². The van der Waals surface area contributed by atoms with Gasteiger partial charge in [0.2, 0.25) is 0 Å². The summed E-state index contributed by atoms with van der Waals surface area (Å²) in [6.07, 6.45) is 1.81. The highest BCUT2D eigenvalue weighted by Gasteiger charge is 2.14. The van der Waals surface area contributed by atoms with Gasteiger partial charge in [-0.25, -0.2) is 0 Å². The Bertz CT molecular complexity index is 107. The molecular formula is C6H11NOS. The van der Waals surface area contributed by atoms with Gasteiger partial charge in [-0.3, -0.25) is 0 Å². The molecule has 1 aliphatic rings. The first-order valence-corrected chi connectivity index (χ1v) is 3.50. The molecule has 0 aromatic carbocycles. The van der Waals surface area contributed by atoms with Gasteiger partial charge < -0.3 is 9.64 Å². The van der Waals surface area contributed by atoms with Gasteiger partial charge in [-0.2, -0.15) is 12.6 Å². The topological polar surface area (TPSA) is 12.5 Å². The molecule has 0 aromatic rings. The smallest absolute Gasteiger partial charge is 0.0951 e. The van der Waals surface area contributed by atoms with E-state index in [0.717, 1.165) is 13.2 Å². The number of hydrogen-bond acceptors (Lipinski definition) is 3. The van der Waals surface area contributed by atoms with Crippen LogP contribution < -0.4 is 0 Å². The van der Waals surface area contributed by atoms with Crippen molar-refractivity contribution in [2.45, 2.75) is 5.37 Å². The predicted molar refractivity (Wildman–Crippen MR) is 40.5 cm³/mol. The Morgan fingerprint density at radius 3 is 3.00 bits per heavy atom. The molecule has 1 unspecified atom stereocenters. The molecule has 0 amide bonds. The minimum absolute atomic E-state index is 0.205. The van der Waals surface area contributed by atoms with Crippen LogP contribution in [0.15, 0.2) is 12.8 Å². The molecule has 0 bridgehead atoms. The zero-order valence-corrected chi connectivity index (χ0v) is 6.18. The molecule has 1 rings (SSSR count). The number of morpholine rings is 1. The summed E-state index contributed by atoms with van der Waals surface area (Å²) in [7, 11) is 0. The fourth-order valence-corrected chi connectivity index (χ4v) is 1.13. The predicted octanol–water partition coefficient (Wildman–Crippen LogP) is 0.718. The number of ether oxygens (including phenoxy) is 1. The molecule has 9 heavy (non-hydrogen) atoms. The molecule has 0 radical (unpaired) electrons. The Balaban J connectivity index is 2.38. The van der Waals surface area contributed by atoms with Crippen LogP contribution in [0.3, 0.4) is 0 Å². The van der Waals surface area contributed by atoms with Crippen LogP contribution in [-0.4, -0.2) is 30.0 Å². The minimum atomic E-state index is 0.205. The highest BCUT2D eigenvalue weighted by Crippen LogP contribution is 2.08. The van der Waals surface area contributed by atoms with E-state index in [1.54, 1.807) is 6.20 Å². The van der Waals surface area contributed by atoms with Gasteiger partial charge in [0.25, 0.3) is 0 Å². The summed E-state index contributed by atoms with van der Waals surface area (Å²) in [5, 5.41) is 0.205. The number of rotatable bonds is 1. The molecule has 1 fully saturated rings. The summed E-state index contributed by atoms with van der Waals surface area (Å²) < 4.78 is 5.15. The molecule has 3 heteroatoms. The van der Waals surface area contributed by atoms with Gasteiger partial charge in [-0.05, 0) is 6.20 Å². The van der Waals surface area contributed by atoms with Crippen molar-refractivity contribution in [1.29, 1.82) is 0 Å². The van der Waals surface area contributed by atoms with Gasteiger partial charge in [0.1, 0.15) is 0 Å². The second kappa shape index (κ2) is 3.13. The summed E-state index contributed by atoms with van der Waals surface area (Å²) in [6, 6.07) is 0. The summed E-state index contributed by atoms with van der Waals surface area (Å²) in [4.78, 5) is 2.06. The summed E-state index contributed by atoms with van der Waals surface area (Å²) in [6.45, 7) is 6.07. The first-order chi connectivity index (χ1) is 4.34. The van der Waals surface area contributed by atoms with Crippen LogP contribution in [0, 0.1) is 0 Å². The lowest BCUT2D eigenvalue weighted by atomic mass is 10.4. The van der Waals surface area contributed by atoms with E-state index in [1.165, 1.54) is 0 Å². The van der Waals surface area contributed by atoms with Gasteiger partial charge in [-0.1, -0.05) is 6.58 Å². The molecule has 0 aromatic heterocycles. The van der Waals surface area contributed by atoms with Crippen LogP contribution in [0.1, 0.15) is 0 Å². The van der Waals surface area contributed by atoms with E-state index in [9.17, 15) is 0 Å². The monoisotopic (exact) mass is 145 g/mol. The Labute approximate surface area is 60.9 Å². The largest absolute Gasteiger partial charge is 0.377 e. The van der Waals surface area contributed by atoms with E-state index < -0.39 is 0 Å². The number of thiol groups is 1. The lowest BCUT2D eigenvalue weighted by Crippen LogP contribution is -2.38. The molecule has 2 nitrogen and oxygen atoms in total. The first-order valence-electron chi connectivity index (χ1n) is 2.98. The molecule has 0 aliphatic carbocycles. The van der Waals surface area contributed by atoms with Gasteiger partial charge >= 0.3 is 0 Å². The SMILES string of the molecule is C=CN1CCOCC1S. The molecule has 1 saturated heterocycles. The maximum Gasteiger partial charge on any atom is 0.0951 e. The van der Waals surface area contributed by atoms with E-state index in [0.29, 0.717) is 6.61 Å². The van der Waals surface area contributed by atoms with Crippen molar-refractivity contribution in [3.63, 3.8) is 0 Å². The average molecular weight is 145 g/mol. The van der Waals surface area contributed by atoms with Gasteiger partial charge in [-0.15, -0.1) is 0 Å². The lowest BCUT2D eigenvalue weighted by molar-refractivity contribution is 0.0481. The van der Waals surface area contributed by atoms with Crippen LogP contribution in [0.2, 0.25) is 0 Å². The quantitative estimate of drug-likeness (QED) is 0.546. The Morgan fingerprint density at radius 2 is 2.56 bits per heavy atom. The maximum atomic E-state index is 5.15. The third-order valence-electron chi connectivity index (χ3n) is 1.38. The van der Waals surface area contributed by atoms with E-state index >= 15 is 0 Å². The van der Waals surface area contributed by atoms with Crippen LogP contribution in [0.25, 0.3) is 0 Å². The van der Waals surface area contributed by atoms with Crippen molar-refractivity contribution in [2.75, 3.05) is 19.8 Å². The summed E-state index contributed by atoms with van der Waals surface area (Å²) in [5.74, 6) is 0. The second-order valence-electron chi connectivity index (χ2n) is 1.98. The molecule has 0 spiro atoms. The highest BCUT2D eigenvalue weighted by atomic mass is 32.1. The molecule has 0 saturated carbocycles. The van der Waals surface area contributed by atoms with E-state index in [1.807, 2.05) is 0 Å². The van der Waals surface area contributed by atoms with Gasteiger partial charge in [0, 0.05) is 6.54 Å². The normalized spacial score (nSPS) is 28.1. The summed E-state index contributed by atoms with van der Waals surface area (Å²) >= 11 is 4.27. The Hall–Kier alpha value is -0.150. The number of hydrogen-bond donors (Lipinski definition) is 1. The summed E-state index contributed by atoms with van der Waals surface area (Å²) in [5.41, 5.74) is 0. The third-order valence-corrected chi connectivity index (χ3v) is 1.82. The van der Waals surface area contributed by atoms with E-state index in [2.05, 4.69) is 24.1 Å². The fraction of sp³-hybridized carbons (Fsp3) is 0.667. The van der Waals surface area contributed by atoms with Crippen molar-refractivity contribution in [3.05, 3.63) is 12.8 Å². The zero-order valence-electron chi connectivity index (χ0n) is 5.29. The molecule has 1 atom stereocenters. The first kappa shape index (κ1) is 6.96. The lowest BCUT2D eigenvalue weighted by Gasteiger charge is -2.30. The minimum Gasteiger partial charge on any atom is -0.377 e. The van der Waals surface area contributed by atoms with E-state index in [-0.39, 0.29) is 5.37 Å². The number of nitrogens with zero attached hydrogens (tertiary/aromatic N) is 1. The molecule has 52 valence electrons. The standard InChI is InChI=1S/C6H11NOS/c1-2-7-3-4-8-5-6(7)9/h2,6,9H,1,3-5H2. The molecule has 0 N–H and O–H groups in total. The second-order valence-corrected chi connectivity index (χ2v) is 2.57.